The number of aromatic amines is 1. The molecular weight excluding hydrogens is 440 g/mol. The zero-order chi connectivity index (χ0) is 19.5. The molecule has 1 aliphatic rings. The molecule has 1 heterocycles. The van der Waals surface area contributed by atoms with Gasteiger partial charge in [-0.15, -0.1) is 0 Å². The Hall–Kier alpha value is -2.09. The molecule has 0 saturated heterocycles. The molecular formula is C21H19BrN2O3S. The molecule has 3 aromatic rings. The van der Waals surface area contributed by atoms with E-state index in [1.54, 1.807) is 0 Å². The molecule has 0 atom stereocenters. The van der Waals surface area contributed by atoms with Crippen LogP contribution in [0.25, 0.3) is 0 Å². The Kier molecular flexibility index (Phi) is 5.85. The molecule has 0 unspecified atom stereocenters. The number of aromatic nitrogens is 2. The van der Waals surface area contributed by atoms with Crippen molar-refractivity contribution >= 4 is 27.7 Å². The summed E-state index contributed by atoms with van der Waals surface area (Å²) < 4.78 is 8.26. The summed E-state index contributed by atoms with van der Waals surface area (Å²) in [6.45, 7) is 0.474. The summed E-state index contributed by atoms with van der Waals surface area (Å²) in [5.41, 5.74) is 0.976. The predicted molar refractivity (Wildman–Crippen MR) is 113 cm³/mol. The van der Waals surface area contributed by atoms with Crippen LogP contribution in [0.4, 0.5) is 0 Å². The molecule has 144 valence electrons. The van der Waals surface area contributed by atoms with Gasteiger partial charge in [0.2, 0.25) is 0 Å². The number of nitrogens with zero attached hydrogens (tertiary/aromatic N) is 1. The summed E-state index contributed by atoms with van der Waals surface area (Å²) in [4.78, 5) is 28.5. The number of halogens is 1. The van der Waals surface area contributed by atoms with E-state index in [2.05, 4.69) is 20.9 Å². The molecule has 0 bridgehead atoms. The highest BCUT2D eigenvalue weighted by atomic mass is 79.9. The minimum atomic E-state index is -0.447. The van der Waals surface area contributed by atoms with Crippen LogP contribution >= 0.6 is 27.7 Å². The lowest BCUT2D eigenvalue weighted by molar-refractivity contribution is 0.0550. The van der Waals surface area contributed by atoms with Gasteiger partial charge >= 0.3 is 5.69 Å². The zero-order valence-electron chi connectivity index (χ0n) is 15.1. The van der Waals surface area contributed by atoms with Gasteiger partial charge < -0.3 is 4.74 Å². The number of hydrogen-bond acceptors (Lipinski definition) is 4. The maximum absolute atomic E-state index is 12.6. The van der Waals surface area contributed by atoms with Gasteiger partial charge in [-0.3, -0.25) is 14.3 Å². The molecule has 0 amide bonds. The molecule has 2 aromatic carbocycles. The van der Waals surface area contributed by atoms with Crippen LogP contribution in [0, 0.1) is 0 Å². The van der Waals surface area contributed by atoms with Gasteiger partial charge in [-0.1, -0.05) is 54.2 Å². The van der Waals surface area contributed by atoms with Crippen molar-refractivity contribution in [3.8, 4) is 0 Å². The second-order valence-electron chi connectivity index (χ2n) is 6.68. The highest BCUT2D eigenvalue weighted by Crippen LogP contribution is 2.44. The number of rotatable bonds is 7. The van der Waals surface area contributed by atoms with E-state index in [1.807, 2.05) is 54.6 Å². The molecule has 0 spiro atoms. The fourth-order valence-electron chi connectivity index (χ4n) is 2.99. The standard InChI is InChI=1S/C21H19BrN2O3S/c22-16-8-4-5-9-17(16)28-20-18(15-10-11-15)19(25)23-21(26)24(20)13-27-12-14-6-2-1-3-7-14/h1-9,15H,10-13H2,(H,23,25,26). The van der Waals surface area contributed by atoms with Gasteiger partial charge in [0.25, 0.3) is 5.56 Å². The van der Waals surface area contributed by atoms with Crippen LogP contribution < -0.4 is 11.2 Å². The molecule has 1 aromatic heterocycles. The maximum Gasteiger partial charge on any atom is 0.331 e. The van der Waals surface area contributed by atoms with E-state index in [1.165, 1.54) is 16.3 Å². The van der Waals surface area contributed by atoms with Crippen LogP contribution in [0.3, 0.4) is 0 Å². The average Bonchev–Trinajstić information content (AvgIpc) is 3.51. The molecule has 28 heavy (non-hydrogen) atoms. The smallest absolute Gasteiger partial charge is 0.331 e. The van der Waals surface area contributed by atoms with Gasteiger partial charge in [0.1, 0.15) is 6.73 Å². The minimum Gasteiger partial charge on any atom is -0.356 e. The van der Waals surface area contributed by atoms with Crippen molar-refractivity contribution in [2.75, 3.05) is 0 Å². The molecule has 4 rings (SSSR count). The molecule has 1 fully saturated rings. The lowest BCUT2D eigenvalue weighted by atomic mass is 10.2. The van der Waals surface area contributed by atoms with E-state index in [-0.39, 0.29) is 18.2 Å². The normalized spacial score (nSPS) is 13.6. The summed E-state index contributed by atoms with van der Waals surface area (Å²) in [6.07, 6.45) is 1.94. The van der Waals surface area contributed by atoms with Crippen molar-refractivity contribution in [2.45, 2.75) is 42.0 Å². The molecule has 1 aliphatic carbocycles. The van der Waals surface area contributed by atoms with Crippen LogP contribution in [0.1, 0.15) is 29.9 Å². The van der Waals surface area contributed by atoms with Crippen LogP contribution in [0.15, 0.2) is 78.6 Å². The third-order valence-corrected chi connectivity index (χ3v) is 6.71. The Morgan fingerprint density at radius 3 is 2.50 bits per heavy atom. The Morgan fingerprint density at radius 2 is 1.79 bits per heavy atom. The van der Waals surface area contributed by atoms with Crippen LogP contribution in [-0.4, -0.2) is 9.55 Å². The van der Waals surface area contributed by atoms with E-state index in [4.69, 9.17) is 4.74 Å². The van der Waals surface area contributed by atoms with Crippen molar-refractivity contribution in [3.63, 3.8) is 0 Å². The first-order chi connectivity index (χ1) is 13.6. The van der Waals surface area contributed by atoms with E-state index in [0.29, 0.717) is 17.2 Å². The summed E-state index contributed by atoms with van der Waals surface area (Å²) in [6, 6.07) is 17.6. The summed E-state index contributed by atoms with van der Waals surface area (Å²) in [5, 5.41) is 0.663. The first-order valence-electron chi connectivity index (χ1n) is 9.04. The maximum atomic E-state index is 12.6. The van der Waals surface area contributed by atoms with Crippen molar-refractivity contribution in [1.29, 1.82) is 0 Å². The number of benzene rings is 2. The Bertz CT molecular complexity index is 1090. The third kappa shape index (κ3) is 4.32. The summed E-state index contributed by atoms with van der Waals surface area (Å²) >= 11 is 4.98. The number of hydrogen-bond donors (Lipinski definition) is 1. The van der Waals surface area contributed by atoms with E-state index in [0.717, 1.165) is 27.8 Å². The van der Waals surface area contributed by atoms with E-state index >= 15 is 0 Å². The highest BCUT2D eigenvalue weighted by molar-refractivity contribution is 9.10. The van der Waals surface area contributed by atoms with Gasteiger partial charge in [0.05, 0.1) is 17.2 Å². The lowest BCUT2D eigenvalue weighted by Gasteiger charge is -2.16. The van der Waals surface area contributed by atoms with Crippen LogP contribution in [-0.2, 0) is 18.1 Å². The largest absolute Gasteiger partial charge is 0.356 e. The minimum absolute atomic E-state index is 0.0804. The fraction of sp³-hybridized carbons (Fsp3) is 0.238. The van der Waals surface area contributed by atoms with Gasteiger partial charge in [0, 0.05) is 9.37 Å². The number of H-pyrrole nitrogens is 1. The highest BCUT2D eigenvalue weighted by Gasteiger charge is 2.31. The molecule has 1 saturated carbocycles. The Labute approximate surface area is 174 Å². The topological polar surface area (TPSA) is 64.1 Å². The summed E-state index contributed by atoms with van der Waals surface area (Å²) in [5.74, 6) is 0.203. The van der Waals surface area contributed by atoms with Crippen LogP contribution in [0.2, 0.25) is 0 Å². The number of ether oxygens (including phenoxy) is 1. The molecule has 5 nitrogen and oxygen atoms in total. The van der Waals surface area contributed by atoms with Crippen molar-refractivity contribution in [2.24, 2.45) is 0 Å². The molecule has 1 N–H and O–H groups in total. The van der Waals surface area contributed by atoms with Gasteiger partial charge in [-0.05, 0) is 52.4 Å². The van der Waals surface area contributed by atoms with Crippen LogP contribution in [0.5, 0.6) is 0 Å². The first-order valence-corrected chi connectivity index (χ1v) is 10.7. The molecule has 0 radical (unpaired) electrons. The summed E-state index contributed by atoms with van der Waals surface area (Å²) in [7, 11) is 0. The third-order valence-electron chi connectivity index (χ3n) is 4.55. The van der Waals surface area contributed by atoms with Gasteiger partial charge in [-0.2, -0.15) is 0 Å². The van der Waals surface area contributed by atoms with Gasteiger partial charge in [0.15, 0.2) is 0 Å². The second-order valence-corrected chi connectivity index (χ2v) is 8.56. The van der Waals surface area contributed by atoms with E-state index in [9.17, 15) is 9.59 Å². The lowest BCUT2D eigenvalue weighted by Crippen LogP contribution is -2.34. The van der Waals surface area contributed by atoms with Crippen molar-refractivity contribution in [3.05, 3.63) is 91.0 Å². The Balaban J connectivity index is 1.68. The zero-order valence-corrected chi connectivity index (χ0v) is 17.5. The van der Waals surface area contributed by atoms with Crippen molar-refractivity contribution in [1.82, 2.24) is 9.55 Å². The quantitative estimate of drug-likeness (QED) is 0.529. The Morgan fingerprint density at radius 1 is 1.07 bits per heavy atom. The monoisotopic (exact) mass is 458 g/mol. The van der Waals surface area contributed by atoms with E-state index < -0.39 is 5.69 Å². The van der Waals surface area contributed by atoms with Crippen molar-refractivity contribution < 1.29 is 4.74 Å². The molecule has 0 aliphatic heterocycles. The SMILES string of the molecule is O=c1[nH]c(=O)n(COCc2ccccc2)c(Sc2ccccc2Br)c1C1CC1. The predicted octanol–water partition coefficient (Wildman–Crippen LogP) is 4.50. The number of nitrogens with one attached hydrogen (secondary N) is 1. The second kappa shape index (κ2) is 8.51. The average molecular weight is 459 g/mol. The molecule has 7 heteroatoms. The van der Waals surface area contributed by atoms with Gasteiger partial charge in [-0.25, -0.2) is 4.79 Å². The fourth-order valence-corrected chi connectivity index (χ4v) is 4.65. The first kappa shape index (κ1) is 19.2.